The molecule has 0 aromatic carbocycles. The summed E-state index contributed by atoms with van der Waals surface area (Å²) in [4.78, 5) is 27.4. The van der Waals surface area contributed by atoms with Gasteiger partial charge >= 0.3 is 5.97 Å². The summed E-state index contributed by atoms with van der Waals surface area (Å²) in [6, 6.07) is 3.60. The van der Waals surface area contributed by atoms with Crippen molar-refractivity contribution < 1.29 is 19.4 Å². The minimum absolute atomic E-state index is 0.286. The Labute approximate surface area is 115 Å². The number of nitrogens with one attached hydrogen (secondary N) is 1. The molecule has 1 aromatic rings. The van der Waals surface area contributed by atoms with Gasteiger partial charge in [-0.2, -0.15) is 0 Å². The van der Waals surface area contributed by atoms with Crippen LogP contribution in [0.2, 0.25) is 0 Å². The number of aliphatic carboxylic acids is 1. The molecule has 3 rings (SSSR count). The average molecular weight is 274 g/mol. The summed E-state index contributed by atoms with van der Waals surface area (Å²) < 4.78 is 5.47. The molecule has 0 saturated carbocycles. The molecule has 20 heavy (non-hydrogen) atoms. The molecule has 3 heterocycles. The van der Waals surface area contributed by atoms with Crippen molar-refractivity contribution in [2.75, 3.05) is 0 Å². The predicted octanol–water partition coefficient (Wildman–Crippen LogP) is 0.352. The Morgan fingerprint density at radius 2 is 1.85 bits per heavy atom. The second-order valence-electron chi connectivity index (χ2n) is 4.91. The summed E-state index contributed by atoms with van der Waals surface area (Å²) in [6.45, 7) is 0.352. The van der Waals surface area contributed by atoms with Gasteiger partial charge in [0.25, 0.3) is 0 Å². The molecule has 2 aliphatic rings. The van der Waals surface area contributed by atoms with Gasteiger partial charge in [-0.15, -0.1) is 0 Å². The van der Waals surface area contributed by atoms with E-state index in [-0.39, 0.29) is 5.91 Å². The van der Waals surface area contributed by atoms with Gasteiger partial charge < -0.3 is 15.2 Å². The van der Waals surface area contributed by atoms with Crippen molar-refractivity contribution in [2.45, 2.75) is 18.8 Å². The molecule has 1 aromatic heterocycles. The molecular weight excluding hydrogens is 260 g/mol. The molecule has 1 saturated heterocycles. The molecule has 0 spiro atoms. The van der Waals surface area contributed by atoms with Crippen molar-refractivity contribution in [1.29, 1.82) is 0 Å². The first-order valence-corrected chi connectivity index (χ1v) is 6.40. The number of pyridine rings is 1. The highest BCUT2D eigenvalue weighted by Crippen LogP contribution is 2.39. The summed E-state index contributed by atoms with van der Waals surface area (Å²) in [5.74, 6) is -2.75. The third kappa shape index (κ3) is 2.18. The highest BCUT2D eigenvalue weighted by Gasteiger charge is 2.53. The molecule has 104 valence electrons. The largest absolute Gasteiger partial charge is 0.481 e. The first-order chi connectivity index (χ1) is 9.66. The van der Waals surface area contributed by atoms with Crippen LogP contribution in [0, 0.1) is 11.8 Å². The number of carboxylic acids is 1. The van der Waals surface area contributed by atoms with Gasteiger partial charge in [0.2, 0.25) is 5.91 Å². The lowest BCUT2D eigenvalue weighted by atomic mass is 9.82. The highest BCUT2D eigenvalue weighted by molar-refractivity contribution is 5.87. The maximum absolute atomic E-state index is 12.2. The van der Waals surface area contributed by atoms with Crippen LogP contribution in [-0.4, -0.2) is 34.2 Å². The Bertz CT molecular complexity index is 558. The number of hydrogen-bond donors (Lipinski definition) is 2. The monoisotopic (exact) mass is 274 g/mol. The van der Waals surface area contributed by atoms with E-state index in [0.29, 0.717) is 6.54 Å². The van der Waals surface area contributed by atoms with Crippen LogP contribution < -0.4 is 5.32 Å². The first kappa shape index (κ1) is 12.8. The fourth-order valence-corrected chi connectivity index (χ4v) is 2.72. The van der Waals surface area contributed by atoms with Crippen molar-refractivity contribution in [3.05, 3.63) is 42.2 Å². The molecule has 2 bridgehead atoms. The van der Waals surface area contributed by atoms with Gasteiger partial charge in [-0.05, 0) is 17.7 Å². The Morgan fingerprint density at radius 3 is 2.50 bits per heavy atom. The summed E-state index contributed by atoms with van der Waals surface area (Å²) in [7, 11) is 0. The van der Waals surface area contributed by atoms with Gasteiger partial charge in [0.1, 0.15) is 5.92 Å². The van der Waals surface area contributed by atoms with Gasteiger partial charge in [0, 0.05) is 18.9 Å². The quantitative estimate of drug-likeness (QED) is 0.773. The third-order valence-corrected chi connectivity index (χ3v) is 3.70. The van der Waals surface area contributed by atoms with Gasteiger partial charge in [-0.3, -0.25) is 14.6 Å². The van der Waals surface area contributed by atoms with E-state index >= 15 is 0 Å². The lowest BCUT2D eigenvalue weighted by Crippen LogP contribution is -2.42. The molecule has 6 heteroatoms. The van der Waals surface area contributed by atoms with Crippen LogP contribution >= 0.6 is 0 Å². The number of amides is 1. The fraction of sp³-hybridized carbons (Fsp3) is 0.357. The van der Waals surface area contributed by atoms with Crippen molar-refractivity contribution >= 4 is 11.9 Å². The Balaban J connectivity index is 1.68. The van der Waals surface area contributed by atoms with Crippen molar-refractivity contribution in [3.8, 4) is 0 Å². The predicted molar refractivity (Wildman–Crippen MR) is 68.5 cm³/mol. The second kappa shape index (κ2) is 5.05. The van der Waals surface area contributed by atoms with Crippen LogP contribution in [0.1, 0.15) is 5.56 Å². The number of aromatic nitrogens is 1. The zero-order valence-corrected chi connectivity index (χ0v) is 10.6. The van der Waals surface area contributed by atoms with Crippen LogP contribution in [0.25, 0.3) is 0 Å². The van der Waals surface area contributed by atoms with E-state index in [1.54, 1.807) is 36.7 Å². The van der Waals surface area contributed by atoms with Gasteiger partial charge in [-0.1, -0.05) is 12.2 Å². The van der Waals surface area contributed by atoms with Crippen molar-refractivity contribution in [3.63, 3.8) is 0 Å². The maximum atomic E-state index is 12.2. The van der Waals surface area contributed by atoms with Crippen LogP contribution in [-0.2, 0) is 20.9 Å². The lowest BCUT2D eigenvalue weighted by Gasteiger charge is -2.20. The standard InChI is InChI=1S/C14H14N2O4/c17-13(16-7-8-3-5-15-6-4-8)11-9-1-2-10(20-9)12(11)14(18)19/h1-6,9-12H,7H2,(H,16,17)(H,18,19)/t9-,10+,11+,12+/m1/s1. The number of carbonyl (C=O) groups is 2. The minimum atomic E-state index is -0.995. The lowest BCUT2D eigenvalue weighted by molar-refractivity contribution is -0.146. The number of carboxylic acid groups (broad SMARTS) is 1. The van der Waals surface area contributed by atoms with Crippen LogP contribution in [0.3, 0.4) is 0 Å². The number of ether oxygens (including phenoxy) is 1. The number of fused-ring (bicyclic) bond motifs is 2. The van der Waals surface area contributed by atoms with Crippen LogP contribution in [0.5, 0.6) is 0 Å². The van der Waals surface area contributed by atoms with Crippen LogP contribution in [0.4, 0.5) is 0 Å². The molecule has 6 nitrogen and oxygen atoms in total. The van der Waals surface area contributed by atoms with E-state index < -0.39 is 30.0 Å². The molecule has 0 radical (unpaired) electrons. The topological polar surface area (TPSA) is 88.5 Å². The van der Waals surface area contributed by atoms with E-state index in [1.165, 1.54) is 0 Å². The van der Waals surface area contributed by atoms with E-state index in [2.05, 4.69) is 10.3 Å². The number of carbonyl (C=O) groups excluding carboxylic acids is 1. The zero-order valence-electron chi connectivity index (χ0n) is 10.6. The molecule has 2 N–H and O–H groups in total. The fourth-order valence-electron chi connectivity index (χ4n) is 2.72. The molecule has 1 fully saturated rings. The molecule has 4 atom stereocenters. The molecule has 0 aliphatic carbocycles. The molecular formula is C14H14N2O4. The van der Waals surface area contributed by atoms with Crippen LogP contribution in [0.15, 0.2) is 36.7 Å². The Kier molecular flexibility index (Phi) is 3.23. The van der Waals surface area contributed by atoms with E-state index in [9.17, 15) is 14.7 Å². The van der Waals surface area contributed by atoms with Crippen molar-refractivity contribution in [1.82, 2.24) is 10.3 Å². The summed E-state index contributed by atoms with van der Waals surface area (Å²) in [5.41, 5.74) is 0.917. The number of nitrogens with zero attached hydrogens (tertiary/aromatic N) is 1. The number of rotatable bonds is 4. The van der Waals surface area contributed by atoms with E-state index in [0.717, 1.165) is 5.56 Å². The van der Waals surface area contributed by atoms with E-state index in [4.69, 9.17) is 4.74 Å². The first-order valence-electron chi connectivity index (χ1n) is 6.40. The zero-order chi connectivity index (χ0) is 14.1. The Hall–Kier alpha value is -2.21. The SMILES string of the molecule is O=C(O)[C@@H]1[C@@H](C(=O)NCc2ccncc2)[C@H]2C=C[C@@H]1O2. The summed E-state index contributed by atoms with van der Waals surface area (Å²) in [6.07, 6.45) is 5.85. The minimum Gasteiger partial charge on any atom is -0.481 e. The van der Waals surface area contributed by atoms with Gasteiger partial charge in [0.05, 0.1) is 18.1 Å². The normalized spacial score (nSPS) is 30.4. The third-order valence-electron chi connectivity index (χ3n) is 3.70. The summed E-state index contributed by atoms with van der Waals surface area (Å²) >= 11 is 0. The summed E-state index contributed by atoms with van der Waals surface area (Å²) in [5, 5.41) is 12.0. The van der Waals surface area contributed by atoms with Gasteiger partial charge in [0.15, 0.2) is 0 Å². The second-order valence-corrected chi connectivity index (χ2v) is 4.91. The van der Waals surface area contributed by atoms with Gasteiger partial charge in [-0.25, -0.2) is 0 Å². The molecule has 1 amide bonds. The average Bonchev–Trinajstić information content (AvgIpc) is 3.06. The van der Waals surface area contributed by atoms with Crippen molar-refractivity contribution in [2.24, 2.45) is 11.8 Å². The maximum Gasteiger partial charge on any atom is 0.310 e. The number of hydrogen-bond acceptors (Lipinski definition) is 4. The molecule has 2 aliphatic heterocycles. The van der Waals surface area contributed by atoms with E-state index in [1.807, 2.05) is 0 Å². The Morgan fingerprint density at radius 1 is 1.20 bits per heavy atom. The smallest absolute Gasteiger partial charge is 0.310 e. The highest BCUT2D eigenvalue weighted by atomic mass is 16.5. The molecule has 0 unspecified atom stereocenters.